The van der Waals surface area contributed by atoms with Crippen LogP contribution in [0.25, 0.3) is 0 Å². The van der Waals surface area contributed by atoms with Crippen molar-refractivity contribution in [2.75, 3.05) is 11.6 Å². The van der Waals surface area contributed by atoms with Crippen LogP contribution in [0.15, 0.2) is 11.4 Å². The summed E-state index contributed by atoms with van der Waals surface area (Å²) < 4.78 is 0. The minimum atomic E-state index is 0.401. The largest absolute Gasteiger partial charge is 0.364 e. The first kappa shape index (κ1) is 10.4. The average Bonchev–Trinajstić information content (AvgIpc) is 2.21. The Morgan fingerprint density at radius 2 is 2.25 bits per heavy atom. The van der Waals surface area contributed by atoms with E-state index in [9.17, 15) is 0 Å². The predicted molar refractivity (Wildman–Crippen MR) is 66.9 cm³/mol. The number of thioether (sulfide) groups is 1. The van der Waals surface area contributed by atoms with Crippen LogP contribution in [0, 0.1) is 5.92 Å². The van der Waals surface area contributed by atoms with Gasteiger partial charge in [0.2, 0.25) is 0 Å². The van der Waals surface area contributed by atoms with Crippen molar-refractivity contribution in [3.63, 3.8) is 0 Å². The monoisotopic (exact) mass is 235 g/mol. The molecule has 0 aliphatic heterocycles. The lowest BCUT2D eigenvalue weighted by molar-refractivity contribution is 0.00168. The molecule has 0 radical (unpaired) electrons. The SMILES string of the molecule is CCc1cnc(SC)nc1NC12CC(C1)C2. The Morgan fingerprint density at radius 1 is 1.50 bits per heavy atom. The molecule has 0 unspecified atom stereocenters. The Kier molecular flexibility index (Phi) is 2.35. The second-order valence-electron chi connectivity index (χ2n) is 4.97. The van der Waals surface area contributed by atoms with E-state index in [2.05, 4.69) is 22.2 Å². The van der Waals surface area contributed by atoms with Crippen molar-refractivity contribution in [1.82, 2.24) is 9.97 Å². The van der Waals surface area contributed by atoms with Crippen LogP contribution in [-0.4, -0.2) is 21.8 Å². The molecule has 4 heteroatoms. The summed E-state index contributed by atoms with van der Waals surface area (Å²) >= 11 is 1.60. The zero-order valence-electron chi connectivity index (χ0n) is 9.79. The molecule has 16 heavy (non-hydrogen) atoms. The van der Waals surface area contributed by atoms with Gasteiger partial charge in [0.05, 0.1) is 0 Å². The van der Waals surface area contributed by atoms with E-state index in [1.165, 1.54) is 24.8 Å². The van der Waals surface area contributed by atoms with E-state index in [0.717, 1.165) is 23.3 Å². The molecule has 3 fully saturated rings. The Balaban J connectivity index is 1.84. The van der Waals surface area contributed by atoms with E-state index >= 15 is 0 Å². The maximum Gasteiger partial charge on any atom is 0.189 e. The summed E-state index contributed by atoms with van der Waals surface area (Å²) in [6.07, 6.45) is 9.01. The van der Waals surface area contributed by atoms with Crippen LogP contribution < -0.4 is 5.32 Å². The number of nitrogens with one attached hydrogen (secondary N) is 1. The fraction of sp³-hybridized carbons (Fsp3) is 0.667. The molecule has 2 bridgehead atoms. The first-order chi connectivity index (χ1) is 7.74. The minimum absolute atomic E-state index is 0.401. The highest BCUT2D eigenvalue weighted by molar-refractivity contribution is 7.98. The van der Waals surface area contributed by atoms with Crippen LogP contribution in [0.5, 0.6) is 0 Å². The van der Waals surface area contributed by atoms with Crippen LogP contribution in [0.3, 0.4) is 0 Å². The second kappa shape index (κ2) is 3.62. The molecule has 3 nitrogen and oxygen atoms in total. The molecule has 3 saturated carbocycles. The van der Waals surface area contributed by atoms with Crippen LogP contribution in [0.4, 0.5) is 5.82 Å². The van der Waals surface area contributed by atoms with Gasteiger partial charge in [-0.2, -0.15) is 0 Å². The normalized spacial score (nSPS) is 30.5. The molecule has 3 aliphatic rings. The Hall–Kier alpha value is -0.770. The number of hydrogen-bond acceptors (Lipinski definition) is 4. The van der Waals surface area contributed by atoms with Crippen LogP contribution in [0.2, 0.25) is 0 Å². The summed E-state index contributed by atoms with van der Waals surface area (Å²) in [6, 6.07) is 0. The van der Waals surface area contributed by atoms with Crippen LogP contribution in [-0.2, 0) is 6.42 Å². The maximum atomic E-state index is 4.59. The van der Waals surface area contributed by atoms with Gasteiger partial charge in [-0.25, -0.2) is 9.97 Å². The molecule has 1 N–H and O–H groups in total. The molecular weight excluding hydrogens is 218 g/mol. The Morgan fingerprint density at radius 3 is 2.75 bits per heavy atom. The third-order valence-corrected chi connectivity index (χ3v) is 4.39. The zero-order valence-corrected chi connectivity index (χ0v) is 10.6. The fourth-order valence-electron chi connectivity index (χ4n) is 2.74. The second-order valence-corrected chi connectivity index (χ2v) is 5.74. The number of nitrogens with zero attached hydrogens (tertiary/aromatic N) is 2. The topological polar surface area (TPSA) is 37.8 Å². The molecule has 3 aliphatic carbocycles. The first-order valence-electron chi connectivity index (χ1n) is 5.93. The number of rotatable bonds is 4. The molecule has 0 saturated heterocycles. The number of hydrogen-bond donors (Lipinski definition) is 1. The van der Waals surface area contributed by atoms with Gasteiger partial charge in [-0.15, -0.1) is 0 Å². The van der Waals surface area contributed by atoms with Gasteiger partial charge in [-0.05, 0) is 37.9 Å². The highest BCUT2D eigenvalue weighted by Crippen LogP contribution is 2.58. The third-order valence-electron chi connectivity index (χ3n) is 3.83. The molecule has 0 atom stereocenters. The molecular formula is C12H17N3S. The lowest BCUT2D eigenvalue weighted by atomic mass is 9.50. The summed E-state index contributed by atoms with van der Waals surface area (Å²) in [5.74, 6) is 2.07. The Bertz CT molecular complexity index is 402. The summed E-state index contributed by atoms with van der Waals surface area (Å²) in [7, 11) is 0. The summed E-state index contributed by atoms with van der Waals surface area (Å²) in [5.41, 5.74) is 1.64. The quantitative estimate of drug-likeness (QED) is 0.643. The molecule has 0 aromatic carbocycles. The Labute approximate surface area is 100 Å². The molecule has 1 heterocycles. The van der Waals surface area contributed by atoms with E-state index in [0.29, 0.717) is 5.54 Å². The number of anilines is 1. The van der Waals surface area contributed by atoms with Gasteiger partial charge in [0.1, 0.15) is 5.82 Å². The van der Waals surface area contributed by atoms with Crippen LogP contribution >= 0.6 is 11.8 Å². The van der Waals surface area contributed by atoms with E-state index in [1.807, 2.05) is 12.5 Å². The fourth-order valence-corrected chi connectivity index (χ4v) is 3.08. The molecule has 0 spiro atoms. The average molecular weight is 235 g/mol. The lowest BCUT2D eigenvalue weighted by Crippen LogP contribution is -2.63. The van der Waals surface area contributed by atoms with E-state index in [1.54, 1.807) is 11.8 Å². The highest BCUT2D eigenvalue weighted by atomic mass is 32.2. The minimum Gasteiger partial charge on any atom is -0.364 e. The molecule has 0 amide bonds. The molecule has 4 rings (SSSR count). The van der Waals surface area contributed by atoms with E-state index in [-0.39, 0.29) is 0 Å². The van der Waals surface area contributed by atoms with Gasteiger partial charge in [-0.3, -0.25) is 0 Å². The van der Waals surface area contributed by atoms with Gasteiger partial charge in [0, 0.05) is 17.3 Å². The highest BCUT2D eigenvalue weighted by Gasteiger charge is 2.56. The zero-order chi connectivity index (χ0) is 11.2. The molecule has 1 aromatic heterocycles. The van der Waals surface area contributed by atoms with Crippen molar-refractivity contribution in [2.24, 2.45) is 5.92 Å². The standard InChI is InChI=1S/C12H17N3S/c1-3-9-7-13-11(16-2)14-10(9)15-12-4-8(5-12)6-12/h7-8H,3-6H2,1-2H3,(H,13,14,15). The molecule has 86 valence electrons. The summed E-state index contributed by atoms with van der Waals surface area (Å²) in [6.45, 7) is 2.16. The van der Waals surface area contributed by atoms with Crippen molar-refractivity contribution >= 4 is 17.6 Å². The lowest BCUT2D eigenvalue weighted by Gasteiger charge is -2.62. The predicted octanol–water partition coefficient (Wildman–Crippen LogP) is 2.73. The van der Waals surface area contributed by atoms with Crippen molar-refractivity contribution in [2.45, 2.75) is 43.3 Å². The van der Waals surface area contributed by atoms with Gasteiger partial charge in [-0.1, -0.05) is 18.7 Å². The van der Waals surface area contributed by atoms with Gasteiger partial charge >= 0.3 is 0 Å². The van der Waals surface area contributed by atoms with Crippen molar-refractivity contribution in [3.05, 3.63) is 11.8 Å². The van der Waals surface area contributed by atoms with Crippen molar-refractivity contribution in [1.29, 1.82) is 0 Å². The van der Waals surface area contributed by atoms with Crippen molar-refractivity contribution in [3.8, 4) is 0 Å². The summed E-state index contributed by atoms with van der Waals surface area (Å²) in [5, 5.41) is 4.52. The van der Waals surface area contributed by atoms with E-state index in [4.69, 9.17) is 0 Å². The smallest absolute Gasteiger partial charge is 0.189 e. The third kappa shape index (κ3) is 1.51. The summed E-state index contributed by atoms with van der Waals surface area (Å²) in [4.78, 5) is 8.92. The first-order valence-corrected chi connectivity index (χ1v) is 7.15. The maximum absolute atomic E-state index is 4.59. The van der Waals surface area contributed by atoms with Crippen LogP contribution in [0.1, 0.15) is 31.7 Å². The van der Waals surface area contributed by atoms with Gasteiger partial charge in [0.25, 0.3) is 0 Å². The number of aromatic nitrogens is 2. The number of aryl methyl sites for hydroxylation is 1. The molecule has 1 aromatic rings. The van der Waals surface area contributed by atoms with Gasteiger partial charge in [0.15, 0.2) is 5.16 Å². The van der Waals surface area contributed by atoms with Gasteiger partial charge < -0.3 is 5.32 Å². The van der Waals surface area contributed by atoms with Crippen molar-refractivity contribution < 1.29 is 0 Å². The van der Waals surface area contributed by atoms with E-state index < -0.39 is 0 Å².